The third-order valence-corrected chi connectivity index (χ3v) is 4.08. The lowest BCUT2D eigenvalue weighted by molar-refractivity contribution is -0.135. The molecule has 2 rings (SSSR count). The van der Waals surface area contributed by atoms with Gasteiger partial charge in [-0.2, -0.15) is 0 Å². The van der Waals surface area contributed by atoms with Crippen LogP contribution in [0.2, 0.25) is 0 Å². The molecule has 3 nitrogen and oxygen atoms in total. The fourth-order valence-electron chi connectivity index (χ4n) is 1.60. The van der Waals surface area contributed by atoms with Crippen LogP contribution in [-0.2, 0) is 16.0 Å². The van der Waals surface area contributed by atoms with Gasteiger partial charge in [-0.3, -0.25) is 0 Å². The van der Waals surface area contributed by atoms with Crippen LogP contribution in [-0.4, -0.2) is 13.1 Å². The summed E-state index contributed by atoms with van der Waals surface area (Å²) in [6.45, 7) is 0. The molecular formula is C13H11FINO2. The van der Waals surface area contributed by atoms with Crippen molar-refractivity contribution < 1.29 is 13.9 Å². The lowest BCUT2D eigenvalue weighted by Crippen LogP contribution is -2.09. The molecule has 0 fully saturated rings. The summed E-state index contributed by atoms with van der Waals surface area (Å²) in [5, 5.41) is 0. The molecule has 1 aliphatic heterocycles. The van der Waals surface area contributed by atoms with Gasteiger partial charge in [-0.15, -0.1) is 0 Å². The lowest BCUT2D eigenvalue weighted by Gasteiger charge is -2.11. The molecule has 1 aliphatic rings. The molecule has 0 unspecified atom stereocenters. The van der Waals surface area contributed by atoms with E-state index in [1.165, 1.54) is 19.2 Å². The number of carbonyl (C=O) groups is 1. The van der Waals surface area contributed by atoms with Gasteiger partial charge in [0.15, 0.2) is 0 Å². The fraction of sp³-hybridized carbons (Fsp3) is 0.154. The van der Waals surface area contributed by atoms with E-state index in [0.717, 1.165) is 11.1 Å². The number of rotatable bonds is 3. The highest BCUT2D eigenvalue weighted by molar-refractivity contribution is 14.2. The SMILES string of the molecule is COC(=O)C1=CN=IC=C1Cc1cccc(F)c1. The summed E-state index contributed by atoms with van der Waals surface area (Å²) in [6.07, 6.45) is 2.08. The maximum Gasteiger partial charge on any atom is 0.339 e. The molecule has 0 aliphatic carbocycles. The van der Waals surface area contributed by atoms with E-state index < -0.39 is 27.0 Å². The molecule has 0 aromatic heterocycles. The van der Waals surface area contributed by atoms with Gasteiger partial charge in [-0.1, -0.05) is 12.1 Å². The van der Waals surface area contributed by atoms with Gasteiger partial charge in [0, 0.05) is 27.2 Å². The highest BCUT2D eigenvalue weighted by Gasteiger charge is 2.17. The average Bonchev–Trinajstić information content (AvgIpc) is 2.38. The molecule has 0 radical (unpaired) electrons. The first-order valence-corrected chi connectivity index (χ1v) is 7.47. The van der Waals surface area contributed by atoms with Crippen LogP contribution < -0.4 is 0 Å². The van der Waals surface area contributed by atoms with Gasteiger partial charge in [0.2, 0.25) is 0 Å². The molecule has 0 saturated carbocycles. The Labute approximate surface area is 115 Å². The lowest BCUT2D eigenvalue weighted by atomic mass is 10.0. The zero-order chi connectivity index (χ0) is 13.0. The molecule has 1 heterocycles. The fourth-order valence-corrected chi connectivity index (χ4v) is 3.09. The monoisotopic (exact) mass is 359 g/mol. The molecule has 0 atom stereocenters. The topological polar surface area (TPSA) is 38.7 Å². The number of hydrogen-bond acceptors (Lipinski definition) is 3. The molecule has 18 heavy (non-hydrogen) atoms. The quantitative estimate of drug-likeness (QED) is 0.612. The number of hydrogen-bond donors (Lipinski definition) is 0. The Morgan fingerprint density at radius 1 is 1.50 bits per heavy atom. The van der Waals surface area contributed by atoms with E-state index in [1.807, 2.05) is 10.1 Å². The molecule has 0 spiro atoms. The van der Waals surface area contributed by atoms with Crippen LogP contribution in [0.5, 0.6) is 0 Å². The van der Waals surface area contributed by atoms with Crippen molar-refractivity contribution in [1.29, 1.82) is 0 Å². The third-order valence-electron chi connectivity index (χ3n) is 2.45. The Bertz CT molecular complexity index is 564. The first-order valence-electron chi connectivity index (χ1n) is 5.26. The van der Waals surface area contributed by atoms with Crippen molar-refractivity contribution >= 4 is 27.0 Å². The Balaban J connectivity index is 2.23. The minimum absolute atomic E-state index is 0.271. The van der Waals surface area contributed by atoms with Crippen LogP contribution in [0.4, 0.5) is 4.39 Å². The second-order valence-corrected chi connectivity index (χ2v) is 5.41. The molecule has 94 valence electrons. The van der Waals surface area contributed by atoms with Crippen molar-refractivity contribution in [3.05, 3.63) is 57.1 Å². The second-order valence-electron chi connectivity index (χ2n) is 3.67. The minimum Gasteiger partial charge on any atom is -0.465 e. The number of nitrogens with zero attached hydrogens (tertiary/aromatic N) is 1. The summed E-state index contributed by atoms with van der Waals surface area (Å²) in [5.74, 6) is -0.669. The van der Waals surface area contributed by atoms with E-state index >= 15 is 0 Å². The summed E-state index contributed by atoms with van der Waals surface area (Å²) in [5.41, 5.74) is 2.17. The van der Waals surface area contributed by atoms with Gasteiger partial charge < -0.3 is 4.74 Å². The average molecular weight is 359 g/mol. The van der Waals surface area contributed by atoms with Gasteiger partial charge in [0.05, 0.1) is 12.7 Å². The molecule has 5 heteroatoms. The van der Waals surface area contributed by atoms with Gasteiger partial charge in [-0.25, -0.2) is 12.3 Å². The number of halogens is 2. The van der Waals surface area contributed by atoms with Crippen molar-refractivity contribution in [3.63, 3.8) is 0 Å². The standard InChI is InChI=1S/C13H11FINO2/c1-18-13(17)12-8-16-15-7-10(12)5-9-3-2-4-11(14)6-9/h2-4,6-8H,5H2,1H3. The molecule has 1 aromatic carbocycles. The van der Waals surface area contributed by atoms with E-state index in [9.17, 15) is 9.18 Å². The largest absolute Gasteiger partial charge is 0.465 e. The molecule has 0 N–H and O–H groups in total. The summed E-state index contributed by atoms with van der Waals surface area (Å²) in [4.78, 5) is 11.6. The van der Waals surface area contributed by atoms with Crippen LogP contribution in [0.3, 0.4) is 0 Å². The molecule has 0 bridgehead atoms. The number of methoxy groups -OCH3 is 1. The summed E-state index contributed by atoms with van der Waals surface area (Å²) < 4.78 is 23.9. The second kappa shape index (κ2) is 5.99. The normalized spacial score (nSPS) is 14.3. The Morgan fingerprint density at radius 3 is 3.06 bits per heavy atom. The Kier molecular flexibility index (Phi) is 4.35. The van der Waals surface area contributed by atoms with Crippen molar-refractivity contribution in [1.82, 2.24) is 0 Å². The van der Waals surface area contributed by atoms with Crippen LogP contribution in [0.15, 0.2) is 48.8 Å². The Hall–Kier alpha value is -1.37. The van der Waals surface area contributed by atoms with Crippen LogP contribution >= 0.6 is 21.0 Å². The van der Waals surface area contributed by atoms with Gasteiger partial charge in [0.25, 0.3) is 0 Å². The summed E-state index contributed by atoms with van der Waals surface area (Å²) in [7, 11) is 1.34. The van der Waals surface area contributed by atoms with Crippen molar-refractivity contribution in [2.45, 2.75) is 6.42 Å². The number of benzene rings is 1. The highest BCUT2D eigenvalue weighted by Crippen LogP contribution is 2.26. The predicted octanol–water partition coefficient (Wildman–Crippen LogP) is 3.48. The third kappa shape index (κ3) is 3.10. The van der Waals surface area contributed by atoms with Crippen LogP contribution in [0.1, 0.15) is 5.56 Å². The number of esters is 1. The van der Waals surface area contributed by atoms with Crippen molar-refractivity contribution in [3.8, 4) is 0 Å². The zero-order valence-corrected chi connectivity index (χ0v) is 11.8. The van der Waals surface area contributed by atoms with Gasteiger partial charge >= 0.3 is 5.97 Å². The van der Waals surface area contributed by atoms with E-state index in [1.54, 1.807) is 12.3 Å². The number of carbonyl (C=O) groups excluding carboxylic acids is 1. The van der Waals surface area contributed by atoms with Gasteiger partial charge in [0.1, 0.15) is 5.82 Å². The first-order chi connectivity index (χ1) is 8.70. The summed E-state index contributed by atoms with van der Waals surface area (Å²) in [6, 6.07) is 6.37. The van der Waals surface area contributed by atoms with Crippen LogP contribution in [0, 0.1) is 5.82 Å². The summed E-state index contributed by atoms with van der Waals surface area (Å²) >= 11 is -0.405. The molecule has 0 saturated heterocycles. The molecule has 0 amide bonds. The van der Waals surface area contributed by atoms with E-state index in [0.29, 0.717) is 12.0 Å². The Morgan fingerprint density at radius 2 is 2.33 bits per heavy atom. The van der Waals surface area contributed by atoms with Gasteiger partial charge in [-0.05, 0) is 33.8 Å². The molecular weight excluding hydrogens is 348 g/mol. The van der Waals surface area contributed by atoms with Crippen molar-refractivity contribution in [2.24, 2.45) is 3.15 Å². The number of ether oxygens (including phenoxy) is 1. The smallest absolute Gasteiger partial charge is 0.339 e. The zero-order valence-electron chi connectivity index (χ0n) is 9.69. The highest BCUT2D eigenvalue weighted by atomic mass is 127. The first kappa shape index (κ1) is 13.1. The van der Waals surface area contributed by atoms with Crippen LogP contribution in [0.25, 0.3) is 0 Å². The maximum atomic E-state index is 13.1. The van der Waals surface area contributed by atoms with Crippen molar-refractivity contribution in [2.75, 3.05) is 7.11 Å². The molecule has 1 aromatic rings. The van der Waals surface area contributed by atoms with E-state index in [4.69, 9.17) is 4.74 Å². The van der Waals surface area contributed by atoms with E-state index in [2.05, 4.69) is 3.15 Å². The van der Waals surface area contributed by atoms with E-state index in [-0.39, 0.29) is 5.82 Å². The minimum atomic E-state index is -0.405. The predicted molar refractivity (Wildman–Crippen MR) is 74.7 cm³/mol. The maximum absolute atomic E-state index is 13.1.